The number of anilines is 1. The number of amides is 1. The predicted octanol–water partition coefficient (Wildman–Crippen LogP) is 1.89. The summed E-state index contributed by atoms with van der Waals surface area (Å²) >= 11 is 2.64. The molecule has 0 atom stereocenters. The minimum Gasteiger partial charge on any atom is -0.300 e. The van der Waals surface area contributed by atoms with Crippen LogP contribution in [0.2, 0.25) is 0 Å². The average Bonchev–Trinajstić information content (AvgIpc) is 2.96. The number of nitrogens with one attached hydrogen (secondary N) is 2. The molecule has 0 radical (unpaired) electrons. The normalized spacial score (nSPS) is 11.0. The largest absolute Gasteiger partial charge is 0.300 e. The molecular weight excluding hydrogens is 296 g/mol. The summed E-state index contributed by atoms with van der Waals surface area (Å²) in [5, 5.41) is 19.2. The number of nitrogens with zero attached hydrogens (tertiary/aromatic N) is 4. The smallest absolute Gasteiger partial charge is 0.236 e. The fourth-order valence-corrected chi connectivity index (χ4v) is 2.68. The lowest BCUT2D eigenvalue weighted by Gasteiger charge is -1.99. The minimum absolute atomic E-state index is 0.138. The van der Waals surface area contributed by atoms with Gasteiger partial charge >= 0.3 is 0 Å². The third-order valence-electron chi connectivity index (χ3n) is 2.22. The van der Waals surface area contributed by atoms with Crippen LogP contribution in [0.4, 0.5) is 5.13 Å². The highest BCUT2D eigenvalue weighted by Crippen LogP contribution is 2.16. The van der Waals surface area contributed by atoms with Gasteiger partial charge in [-0.2, -0.15) is 0 Å². The minimum atomic E-state index is -0.138. The number of aromatic nitrogens is 5. The van der Waals surface area contributed by atoms with Gasteiger partial charge in [0.15, 0.2) is 0 Å². The zero-order chi connectivity index (χ0) is 14.5. The van der Waals surface area contributed by atoms with Crippen LogP contribution in [0.25, 0.3) is 0 Å². The molecule has 0 fully saturated rings. The first kappa shape index (κ1) is 14.9. The molecule has 7 nitrogen and oxygen atoms in total. The Morgan fingerprint density at radius 2 is 2.25 bits per heavy atom. The Morgan fingerprint density at radius 3 is 2.90 bits per heavy atom. The monoisotopic (exact) mass is 312 g/mol. The molecule has 0 aliphatic carbocycles. The van der Waals surface area contributed by atoms with Crippen molar-refractivity contribution in [2.45, 2.75) is 32.3 Å². The van der Waals surface area contributed by atoms with Crippen molar-refractivity contribution in [1.29, 1.82) is 0 Å². The van der Waals surface area contributed by atoms with E-state index in [0.29, 0.717) is 16.2 Å². The lowest BCUT2D eigenvalue weighted by atomic mass is 10.1. The fraction of sp³-hybridized carbons (Fsp3) is 0.545. The van der Waals surface area contributed by atoms with Gasteiger partial charge in [0.25, 0.3) is 0 Å². The van der Waals surface area contributed by atoms with Gasteiger partial charge in [0.1, 0.15) is 10.8 Å². The van der Waals surface area contributed by atoms with E-state index >= 15 is 0 Å². The summed E-state index contributed by atoms with van der Waals surface area (Å²) in [6, 6.07) is 0. The number of carbonyl (C=O) groups excluding carboxylic acids is 1. The lowest BCUT2D eigenvalue weighted by Crippen LogP contribution is -2.13. The standard InChI is InChI=1S/C11H16N6OS2/c1-6(2)4-8-12-10(16-15-8)19-5-9(18)13-11-17-14-7(3)20-11/h6H,4-5H2,1-3H3,(H,12,15,16)(H,13,17,18). The van der Waals surface area contributed by atoms with Crippen LogP contribution in [0.15, 0.2) is 5.16 Å². The predicted molar refractivity (Wildman–Crippen MR) is 78.9 cm³/mol. The van der Waals surface area contributed by atoms with Crippen LogP contribution in [0.1, 0.15) is 24.7 Å². The van der Waals surface area contributed by atoms with Gasteiger partial charge in [0, 0.05) is 6.42 Å². The zero-order valence-electron chi connectivity index (χ0n) is 11.5. The maximum absolute atomic E-state index is 11.7. The van der Waals surface area contributed by atoms with Gasteiger partial charge in [-0.25, -0.2) is 4.98 Å². The lowest BCUT2D eigenvalue weighted by molar-refractivity contribution is -0.113. The molecule has 2 heterocycles. The van der Waals surface area contributed by atoms with Crippen LogP contribution in [-0.2, 0) is 11.2 Å². The molecule has 108 valence electrons. The number of rotatable bonds is 6. The summed E-state index contributed by atoms with van der Waals surface area (Å²) in [6.45, 7) is 6.08. The van der Waals surface area contributed by atoms with Gasteiger partial charge in [0.2, 0.25) is 16.2 Å². The molecule has 2 aromatic heterocycles. The molecule has 0 aliphatic heterocycles. The molecule has 0 saturated carbocycles. The van der Waals surface area contributed by atoms with Gasteiger partial charge in [-0.15, -0.1) is 15.3 Å². The van der Waals surface area contributed by atoms with Crippen molar-refractivity contribution in [3.63, 3.8) is 0 Å². The van der Waals surface area contributed by atoms with E-state index in [9.17, 15) is 4.79 Å². The number of hydrogen-bond acceptors (Lipinski definition) is 7. The number of aryl methyl sites for hydroxylation is 1. The van der Waals surface area contributed by atoms with E-state index < -0.39 is 0 Å². The van der Waals surface area contributed by atoms with Gasteiger partial charge in [-0.05, 0) is 12.8 Å². The van der Waals surface area contributed by atoms with Gasteiger partial charge in [-0.3, -0.25) is 15.2 Å². The Hall–Kier alpha value is -1.48. The van der Waals surface area contributed by atoms with E-state index in [1.54, 1.807) is 0 Å². The van der Waals surface area contributed by atoms with E-state index in [-0.39, 0.29) is 11.7 Å². The third kappa shape index (κ3) is 4.57. The van der Waals surface area contributed by atoms with E-state index in [4.69, 9.17) is 0 Å². The van der Waals surface area contributed by atoms with E-state index in [1.165, 1.54) is 23.1 Å². The molecule has 0 aromatic carbocycles. The average molecular weight is 312 g/mol. The van der Waals surface area contributed by atoms with Crippen LogP contribution < -0.4 is 5.32 Å². The van der Waals surface area contributed by atoms with Crippen LogP contribution in [0.5, 0.6) is 0 Å². The van der Waals surface area contributed by atoms with Gasteiger partial charge in [0.05, 0.1) is 5.75 Å². The molecule has 2 aromatic rings. The molecule has 1 amide bonds. The number of hydrogen-bond donors (Lipinski definition) is 2. The highest BCUT2D eigenvalue weighted by Gasteiger charge is 2.10. The van der Waals surface area contributed by atoms with Crippen molar-refractivity contribution in [2.75, 3.05) is 11.1 Å². The van der Waals surface area contributed by atoms with Gasteiger partial charge in [-0.1, -0.05) is 36.9 Å². The topological polar surface area (TPSA) is 96.5 Å². The summed E-state index contributed by atoms with van der Waals surface area (Å²) in [7, 11) is 0. The molecule has 0 spiro atoms. The van der Waals surface area contributed by atoms with Crippen molar-refractivity contribution in [3.05, 3.63) is 10.8 Å². The fourth-order valence-electron chi connectivity index (χ4n) is 1.45. The molecule has 0 aliphatic rings. The summed E-state index contributed by atoms with van der Waals surface area (Å²) < 4.78 is 0. The molecular formula is C11H16N6OS2. The van der Waals surface area contributed by atoms with E-state index in [1.807, 2.05) is 6.92 Å². The van der Waals surface area contributed by atoms with Crippen LogP contribution in [0, 0.1) is 12.8 Å². The molecule has 0 bridgehead atoms. The number of carbonyl (C=O) groups is 1. The van der Waals surface area contributed by atoms with E-state index in [2.05, 4.69) is 44.5 Å². The molecule has 9 heteroatoms. The Kier molecular flexibility index (Phi) is 5.07. The molecule has 2 N–H and O–H groups in total. The molecule has 0 unspecified atom stereocenters. The Bertz CT molecular complexity index is 579. The summed E-state index contributed by atoms with van der Waals surface area (Å²) in [4.78, 5) is 16.0. The second-order valence-corrected chi connectivity index (χ2v) is 6.75. The molecule has 0 saturated heterocycles. The van der Waals surface area contributed by atoms with Crippen LogP contribution >= 0.6 is 23.1 Å². The van der Waals surface area contributed by atoms with Gasteiger partial charge < -0.3 is 0 Å². The number of thioether (sulfide) groups is 1. The highest BCUT2D eigenvalue weighted by atomic mass is 32.2. The first-order valence-corrected chi connectivity index (χ1v) is 7.97. The van der Waals surface area contributed by atoms with Crippen molar-refractivity contribution >= 4 is 34.1 Å². The van der Waals surface area contributed by atoms with Crippen molar-refractivity contribution in [2.24, 2.45) is 5.92 Å². The summed E-state index contributed by atoms with van der Waals surface area (Å²) in [6.07, 6.45) is 0.851. The Labute approximate surface area is 125 Å². The van der Waals surface area contributed by atoms with Crippen molar-refractivity contribution in [3.8, 4) is 0 Å². The van der Waals surface area contributed by atoms with Crippen LogP contribution in [0.3, 0.4) is 0 Å². The highest BCUT2D eigenvalue weighted by molar-refractivity contribution is 7.99. The number of aromatic amines is 1. The van der Waals surface area contributed by atoms with Crippen LogP contribution in [-0.4, -0.2) is 37.0 Å². The molecule has 20 heavy (non-hydrogen) atoms. The summed E-state index contributed by atoms with van der Waals surface area (Å²) in [5.74, 6) is 1.48. The Balaban J connectivity index is 1.79. The number of H-pyrrole nitrogens is 1. The maximum Gasteiger partial charge on any atom is 0.236 e. The van der Waals surface area contributed by atoms with Crippen molar-refractivity contribution < 1.29 is 4.79 Å². The second-order valence-electron chi connectivity index (χ2n) is 4.63. The first-order valence-electron chi connectivity index (χ1n) is 6.17. The zero-order valence-corrected chi connectivity index (χ0v) is 13.1. The Morgan fingerprint density at radius 1 is 1.45 bits per heavy atom. The first-order chi connectivity index (χ1) is 9.52. The second kappa shape index (κ2) is 6.80. The third-order valence-corrected chi connectivity index (χ3v) is 3.82. The van der Waals surface area contributed by atoms with E-state index in [0.717, 1.165) is 17.3 Å². The molecule has 2 rings (SSSR count). The maximum atomic E-state index is 11.7. The SMILES string of the molecule is Cc1nnc(NC(=O)CSc2n[nH]c(CC(C)C)n2)s1. The quantitative estimate of drug-likeness (QED) is 0.791. The van der Waals surface area contributed by atoms with Crippen molar-refractivity contribution in [1.82, 2.24) is 25.4 Å². The summed E-state index contributed by atoms with van der Waals surface area (Å²) in [5.41, 5.74) is 0.